The first-order valence-electron chi connectivity index (χ1n) is 10.2. The molecule has 0 radical (unpaired) electrons. The van der Waals surface area contributed by atoms with Crippen LogP contribution in [0.3, 0.4) is 0 Å². The van der Waals surface area contributed by atoms with Crippen LogP contribution in [0.25, 0.3) is 0 Å². The van der Waals surface area contributed by atoms with Gasteiger partial charge in [-0.15, -0.1) is 0 Å². The number of sulfonamides is 1. The summed E-state index contributed by atoms with van der Waals surface area (Å²) in [5, 5.41) is 2.73. The first kappa shape index (κ1) is 24.1. The number of anilines is 1. The molecule has 0 saturated heterocycles. The van der Waals surface area contributed by atoms with Gasteiger partial charge in [0.15, 0.2) is 0 Å². The number of halogens is 1. The predicted molar refractivity (Wildman–Crippen MR) is 124 cm³/mol. The lowest BCUT2D eigenvalue weighted by Crippen LogP contribution is -2.26. The van der Waals surface area contributed by atoms with E-state index >= 15 is 0 Å². The molecule has 0 bridgehead atoms. The monoisotopic (exact) mass is 472 g/mol. The molecule has 0 saturated carbocycles. The number of hydrogen-bond donors (Lipinski definition) is 2. The third-order valence-electron chi connectivity index (χ3n) is 4.71. The summed E-state index contributed by atoms with van der Waals surface area (Å²) >= 11 is 0. The van der Waals surface area contributed by atoms with Crippen molar-refractivity contribution in [1.29, 1.82) is 0 Å². The molecule has 0 fully saturated rings. The number of carbonyl (C=O) groups is 1. The third kappa shape index (κ3) is 6.69. The topological polar surface area (TPSA) is 93.7 Å². The zero-order chi connectivity index (χ0) is 23.8. The minimum Gasteiger partial charge on any atom is -0.495 e. The summed E-state index contributed by atoms with van der Waals surface area (Å²) < 4.78 is 51.9. The second-order valence-electron chi connectivity index (χ2n) is 7.25. The zero-order valence-corrected chi connectivity index (χ0v) is 19.1. The SMILES string of the molecule is COc1ccc(C(=O)NCCCOc2ccc(F)cc2)cc1S(=O)(=O)Nc1ccc(C)cc1. The van der Waals surface area contributed by atoms with Crippen LogP contribution in [-0.4, -0.2) is 34.6 Å². The van der Waals surface area contributed by atoms with Gasteiger partial charge in [0.25, 0.3) is 15.9 Å². The van der Waals surface area contributed by atoms with Gasteiger partial charge in [-0.1, -0.05) is 17.7 Å². The number of aryl methyl sites for hydroxylation is 1. The fourth-order valence-corrected chi connectivity index (χ4v) is 4.21. The number of rotatable bonds is 10. The van der Waals surface area contributed by atoms with Gasteiger partial charge >= 0.3 is 0 Å². The molecular weight excluding hydrogens is 447 g/mol. The van der Waals surface area contributed by atoms with Gasteiger partial charge in [-0.3, -0.25) is 9.52 Å². The highest BCUT2D eigenvalue weighted by molar-refractivity contribution is 7.92. The number of ether oxygens (including phenoxy) is 2. The van der Waals surface area contributed by atoms with Crippen molar-refractivity contribution in [2.75, 3.05) is 25.0 Å². The highest BCUT2D eigenvalue weighted by Gasteiger charge is 2.22. The fourth-order valence-electron chi connectivity index (χ4n) is 2.96. The Balaban J connectivity index is 1.62. The summed E-state index contributed by atoms with van der Waals surface area (Å²) in [7, 11) is -2.63. The normalized spacial score (nSPS) is 11.0. The summed E-state index contributed by atoms with van der Waals surface area (Å²) in [5.74, 6) is -0.108. The van der Waals surface area contributed by atoms with Crippen LogP contribution in [-0.2, 0) is 10.0 Å². The maximum atomic E-state index is 12.9. The Morgan fingerprint density at radius 1 is 1.00 bits per heavy atom. The van der Waals surface area contributed by atoms with E-state index in [1.807, 2.05) is 6.92 Å². The highest BCUT2D eigenvalue weighted by atomic mass is 32.2. The van der Waals surface area contributed by atoms with Crippen molar-refractivity contribution in [3.05, 3.63) is 83.7 Å². The van der Waals surface area contributed by atoms with Gasteiger partial charge in [0.05, 0.1) is 13.7 Å². The Bertz CT molecular complexity index is 1200. The van der Waals surface area contributed by atoms with Gasteiger partial charge in [0, 0.05) is 17.8 Å². The van der Waals surface area contributed by atoms with Crippen molar-refractivity contribution in [1.82, 2.24) is 5.32 Å². The lowest BCUT2D eigenvalue weighted by Gasteiger charge is -2.13. The van der Waals surface area contributed by atoms with Crippen LogP contribution >= 0.6 is 0 Å². The summed E-state index contributed by atoms with van der Waals surface area (Å²) in [6, 6.07) is 16.8. The minimum atomic E-state index is -3.99. The van der Waals surface area contributed by atoms with Crippen molar-refractivity contribution in [2.45, 2.75) is 18.2 Å². The van der Waals surface area contributed by atoms with E-state index in [4.69, 9.17) is 9.47 Å². The number of amides is 1. The summed E-state index contributed by atoms with van der Waals surface area (Å²) in [6.07, 6.45) is 0.513. The molecule has 3 aromatic rings. The second kappa shape index (κ2) is 10.8. The van der Waals surface area contributed by atoms with Crippen LogP contribution in [0.4, 0.5) is 10.1 Å². The van der Waals surface area contributed by atoms with E-state index < -0.39 is 15.9 Å². The Hall–Kier alpha value is -3.59. The van der Waals surface area contributed by atoms with Crippen molar-refractivity contribution >= 4 is 21.6 Å². The lowest BCUT2D eigenvalue weighted by molar-refractivity contribution is 0.0951. The molecular formula is C24H25FN2O5S. The number of methoxy groups -OCH3 is 1. The van der Waals surface area contributed by atoms with E-state index in [-0.39, 0.29) is 22.0 Å². The Morgan fingerprint density at radius 3 is 2.36 bits per heavy atom. The van der Waals surface area contributed by atoms with Gasteiger partial charge in [-0.25, -0.2) is 12.8 Å². The molecule has 0 atom stereocenters. The highest BCUT2D eigenvalue weighted by Crippen LogP contribution is 2.27. The summed E-state index contributed by atoms with van der Waals surface area (Å²) in [4.78, 5) is 12.4. The Kier molecular flexibility index (Phi) is 7.89. The molecule has 7 nitrogen and oxygen atoms in total. The van der Waals surface area contributed by atoms with E-state index in [0.29, 0.717) is 31.0 Å². The second-order valence-corrected chi connectivity index (χ2v) is 8.90. The van der Waals surface area contributed by atoms with Crippen LogP contribution in [0.1, 0.15) is 22.3 Å². The molecule has 0 aliphatic rings. The predicted octanol–water partition coefficient (Wildman–Crippen LogP) is 4.14. The van der Waals surface area contributed by atoms with Crippen molar-refractivity contribution in [3.63, 3.8) is 0 Å². The summed E-state index contributed by atoms with van der Waals surface area (Å²) in [5.41, 5.74) is 1.58. The molecule has 0 aliphatic carbocycles. The third-order valence-corrected chi connectivity index (χ3v) is 6.11. The fraction of sp³-hybridized carbons (Fsp3) is 0.208. The first-order valence-corrected chi connectivity index (χ1v) is 11.7. The standard InChI is InChI=1S/C24H25FN2O5S/c1-17-4-9-20(10-5-17)27-33(29,30)23-16-18(6-13-22(23)31-2)24(28)26-14-3-15-32-21-11-7-19(25)8-12-21/h4-13,16,27H,3,14-15H2,1-2H3,(H,26,28). The van der Waals surface area contributed by atoms with Crippen molar-refractivity contribution < 1.29 is 27.1 Å². The average molecular weight is 473 g/mol. The summed E-state index contributed by atoms with van der Waals surface area (Å²) in [6.45, 7) is 2.54. The van der Waals surface area contributed by atoms with Crippen LogP contribution in [0.15, 0.2) is 71.6 Å². The molecule has 0 spiro atoms. The lowest BCUT2D eigenvalue weighted by atomic mass is 10.2. The van der Waals surface area contributed by atoms with Crippen LogP contribution in [0.2, 0.25) is 0 Å². The number of carbonyl (C=O) groups excluding carboxylic acids is 1. The van der Waals surface area contributed by atoms with E-state index in [1.165, 1.54) is 49.6 Å². The van der Waals surface area contributed by atoms with Gasteiger partial charge in [0.1, 0.15) is 22.2 Å². The first-order chi connectivity index (χ1) is 15.8. The maximum Gasteiger partial charge on any atom is 0.265 e. The molecule has 0 aliphatic heterocycles. The Labute approximate surface area is 192 Å². The van der Waals surface area contributed by atoms with Gasteiger partial charge in [-0.2, -0.15) is 0 Å². The van der Waals surface area contributed by atoms with Crippen LogP contribution < -0.4 is 19.5 Å². The molecule has 0 aromatic heterocycles. The van der Waals surface area contributed by atoms with E-state index in [1.54, 1.807) is 24.3 Å². The van der Waals surface area contributed by atoms with E-state index in [9.17, 15) is 17.6 Å². The van der Waals surface area contributed by atoms with Crippen LogP contribution in [0, 0.1) is 12.7 Å². The molecule has 174 valence electrons. The number of hydrogen-bond acceptors (Lipinski definition) is 5. The molecule has 3 aromatic carbocycles. The van der Waals surface area contributed by atoms with Crippen molar-refractivity contribution in [3.8, 4) is 11.5 Å². The van der Waals surface area contributed by atoms with Gasteiger partial charge in [-0.05, 0) is 67.9 Å². The number of nitrogens with one attached hydrogen (secondary N) is 2. The molecule has 33 heavy (non-hydrogen) atoms. The molecule has 9 heteroatoms. The molecule has 0 unspecified atom stereocenters. The van der Waals surface area contributed by atoms with E-state index in [2.05, 4.69) is 10.0 Å². The van der Waals surface area contributed by atoms with Crippen molar-refractivity contribution in [2.24, 2.45) is 0 Å². The Morgan fingerprint density at radius 2 is 1.70 bits per heavy atom. The molecule has 1 amide bonds. The average Bonchev–Trinajstić information content (AvgIpc) is 2.81. The zero-order valence-electron chi connectivity index (χ0n) is 18.3. The molecule has 2 N–H and O–H groups in total. The number of benzene rings is 3. The van der Waals surface area contributed by atoms with Gasteiger partial charge < -0.3 is 14.8 Å². The molecule has 0 heterocycles. The van der Waals surface area contributed by atoms with E-state index in [0.717, 1.165) is 5.56 Å². The largest absolute Gasteiger partial charge is 0.495 e. The van der Waals surface area contributed by atoms with Crippen LogP contribution in [0.5, 0.6) is 11.5 Å². The quantitative estimate of drug-likeness (QED) is 0.433. The smallest absolute Gasteiger partial charge is 0.265 e. The maximum absolute atomic E-state index is 12.9. The minimum absolute atomic E-state index is 0.124. The molecule has 3 rings (SSSR count). The van der Waals surface area contributed by atoms with Gasteiger partial charge in [0.2, 0.25) is 0 Å².